The van der Waals surface area contributed by atoms with Gasteiger partial charge in [0.15, 0.2) is 0 Å². The van der Waals surface area contributed by atoms with E-state index in [1.165, 1.54) is 6.20 Å². The molecule has 0 spiro atoms. The summed E-state index contributed by atoms with van der Waals surface area (Å²) in [6, 6.07) is 3.46. The second-order valence-corrected chi connectivity index (χ2v) is 4.58. The number of hydrogen-bond donors (Lipinski definition) is 2. The third-order valence-corrected chi connectivity index (χ3v) is 2.96. The Hall–Kier alpha value is -2.50. The SMILES string of the molecule is CCc1nnc(C)cc1C(=O)Nc1cc(C)c(N)cn1. The van der Waals surface area contributed by atoms with E-state index in [4.69, 9.17) is 5.73 Å². The first-order valence-electron chi connectivity index (χ1n) is 6.38. The van der Waals surface area contributed by atoms with Crippen LogP contribution < -0.4 is 11.1 Å². The van der Waals surface area contributed by atoms with Crippen molar-refractivity contribution in [2.75, 3.05) is 11.1 Å². The summed E-state index contributed by atoms with van der Waals surface area (Å²) in [7, 11) is 0. The number of nitrogens with one attached hydrogen (secondary N) is 1. The summed E-state index contributed by atoms with van der Waals surface area (Å²) in [5.74, 6) is 0.231. The van der Waals surface area contributed by atoms with Crippen LogP contribution in [-0.4, -0.2) is 21.1 Å². The van der Waals surface area contributed by atoms with Crippen LogP contribution in [0.25, 0.3) is 0 Å². The fourth-order valence-electron chi connectivity index (χ4n) is 1.79. The zero-order valence-corrected chi connectivity index (χ0v) is 11.8. The molecule has 0 radical (unpaired) electrons. The highest BCUT2D eigenvalue weighted by atomic mass is 16.1. The van der Waals surface area contributed by atoms with Gasteiger partial charge in [-0.05, 0) is 38.0 Å². The highest BCUT2D eigenvalue weighted by molar-refractivity contribution is 6.04. The molecule has 0 aliphatic rings. The molecule has 0 unspecified atom stereocenters. The molecule has 0 aliphatic heterocycles. The van der Waals surface area contributed by atoms with Gasteiger partial charge >= 0.3 is 0 Å². The van der Waals surface area contributed by atoms with Gasteiger partial charge in [0.25, 0.3) is 5.91 Å². The maximum absolute atomic E-state index is 12.3. The molecule has 2 aromatic rings. The first-order chi connectivity index (χ1) is 9.51. The van der Waals surface area contributed by atoms with E-state index in [1.54, 1.807) is 19.1 Å². The van der Waals surface area contributed by atoms with Crippen molar-refractivity contribution >= 4 is 17.4 Å². The van der Waals surface area contributed by atoms with Gasteiger partial charge in [0, 0.05) is 0 Å². The molecule has 2 rings (SSSR count). The summed E-state index contributed by atoms with van der Waals surface area (Å²) < 4.78 is 0. The minimum Gasteiger partial charge on any atom is -0.397 e. The number of aryl methyl sites for hydroxylation is 3. The van der Waals surface area contributed by atoms with E-state index >= 15 is 0 Å². The standard InChI is InChI=1S/C14H17N5O/c1-4-12-10(6-9(3)18-19-12)14(20)17-13-5-8(2)11(15)7-16-13/h5-7H,4,15H2,1-3H3,(H,16,17,20). The number of carbonyl (C=O) groups excluding carboxylic acids is 1. The van der Waals surface area contributed by atoms with E-state index in [9.17, 15) is 4.79 Å². The molecule has 0 bridgehead atoms. The number of anilines is 2. The van der Waals surface area contributed by atoms with Crippen molar-refractivity contribution in [2.45, 2.75) is 27.2 Å². The summed E-state index contributed by atoms with van der Waals surface area (Å²) in [4.78, 5) is 16.4. The smallest absolute Gasteiger partial charge is 0.258 e. The summed E-state index contributed by atoms with van der Waals surface area (Å²) in [6.45, 7) is 5.60. The molecule has 6 heteroatoms. The Kier molecular flexibility index (Phi) is 3.93. The zero-order chi connectivity index (χ0) is 14.7. The maximum Gasteiger partial charge on any atom is 0.258 e. The molecule has 104 valence electrons. The number of nitrogens with two attached hydrogens (primary N) is 1. The average Bonchev–Trinajstić information content (AvgIpc) is 2.43. The predicted molar refractivity (Wildman–Crippen MR) is 77.5 cm³/mol. The number of nitrogens with zero attached hydrogens (tertiary/aromatic N) is 3. The molecular weight excluding hydrogens is 254 g/mol. The van der Waals surface area contributed by atoms with Crippen molar-refractivity contribution in [1.82, 2.24) is 15.2 Å². The van der Waals surface area contributed by atoms with Gasteiger partial charge in [-0.2, -0.15) is 10.2 Å². The Balaban J connectivity index is 2.27. The van der Waals surface area contributed by atoms with Crippen LogP contribution in [0.5, 0.6) is 0 Å². The molecule has 0 aliphatic carbocycles. The van der Waals surface area contributed by atoms with Crippen molar-refractivity contribution in [1.29, 1.82) is 0 Å². The van der Waals surface area contributed by atoms with E-state index in [0.29, 0.717) is 34.9 Å². The first-order valence-corrected chi connectivity index (χ1v) is 6.38. The Labute approximate surface area is 117 Å². The van der Waals surface area contributed by atoms with Gasteiger partial charge in [0.05, 0.1) is 28.8 Å². The third kappa shape index (κ3) is 2.90. The van der Waals surface area contributed by atoms with Crippen LogP contribution >= 0.6 is 0 Å². The van der Waals surface area contributed by atoms with Crippen LogP contribution in [-0.2, 0) is 6.42 Å². The van der Waals surface area contributed by atoms with Gasteiger partial charge in [0.2, 0.25) is 0 Å². The maximum atomic E-state index is 12.3. The number of hydrogen-bond acceptors (Lipinski definition) is 5. The highest BCUT2D eigenvalue weighted by Crippen LogP contribution is 2.15. The number of carbonyl (C=O) groups is 1. The second-order valence-electron chi connectivity index (χ2n) is 4.58. The molecule has 0 saturated carbocycles. The van der Waals surface area contributed by atoms with Crippen LogP contribution in [0.3, 0.4) is 0 Å². The summed E-state index contributed by atoms with van der Waals surface area (Å²) in [5, 5.41) is 10.8. The Morgan fingerprint density at radius 1 is 1.30 bits per heavy atom. The average molecular weight is 271 g/mol. The number of aromatic nitrogens is 3. The summed E-state index contributed by atoms with van der Waals surface area (Å²) >= 11 is 0. The van der Waals surface area contributed by atoms with Gasteiger partial charge in [-0.25, -0.2) is 4.98 Å². The molecule has 1 amide bonds. The van der Waals surface area contributed by atoms with E-state index in [1.807, 2.05) is 13.8 Å². The van der Waals surface area contributed by atoms with Crippen molar-refractivity contribution in [3.05, 3.63) is 40.8 Å². The normalized spacial score (nSPS) is 10.3. The molecule has 2 heterocycles. The van der Waals surface area contributed by atoms with Crippen molar-refractivity contribution in [3.8, 4) is 0 Å². The summed E-state index contributed by atoms with van der Waals surface area (Å²) in [5.41, 5.74) is 9.06. The van der Waals surface area contributed by atoms with Crippen LogP contribution in [0.1, 0.15) is 34.2 Å². The minimum absolute atomic E-state index is 0.239. The number of nitrogen functional groups attached to an aromatic ring is 1. The Morgan fingerprint density at radius 2 is 2.05 bits per heavy atom. The lowest BCUT2D eigenvalue weighted by atomic mass is 10.1. The molecule has 0 saturated heterocycles. The van der Waals surface area contributed by atoms with E-state index in [2.05, 4.69) is 20.5 Å². The highest BCUT2D eigenvalue weighted by Gasteiger charge is 2.13. The Morgan fingerprint density at radius 3 is 2.70 bits per heavy atom. The molecule has 0 fully saturated rings. The van der Waals surface area contributed by atoms with Crippen molar-refractivity contribution in [3.63, 3.8) is 0 Å². The number of rotatable bonds is 3. The quantitative estimate of drug-likeness (QED) is 0.889. The molecule has 20 heavy (non-hydrogen) atoms. The Bertz CT molecular complexity index is 654. The topological polar surface area (TPSA) is 93.8 Å². The fraction of sp³-hybridized carbons (Fsp3) is 0.286. The van der Waals surface area contributed by atoms with Crippen molar-refractivity contribution < 1.29 is 4.79 Å². The van der Waals surface area contributed by atoms with Crippen LogP contribution in [0.2, 0.25) is 0 Å². The molecule has 6 nitrogen and oxygen atoms in total. The monoisotopic (exact) mass is 271 g/mol. The molecular formula is C14H17N5O. The van der Waals surface area contributed by atoms with Gasteiger partial charge in [-0.3, -0.25) is 4.79 Å². The summed E-state index contributed by atoms with van der Waals surface area (Å²) in [6.07, 6.45) is 2.17. The third-order valence-electron chi connectivity index (χ3n) is 2.96. The van der Waals surface area contributed by atoms with Gasteiger partial charge in [0.1, 0.15) is 5.82 Å². The van der Waals surface area contributed by atoms with E-state index < -0.39 is 0 Å². The second kappa shape index (κ2) is 5.64. The fourth-order valence-corrected chi connectivity index (χ4v) is 1.79. The molecule has 0 atom stereocenters. The lowest BCUT2D eigenvalue weighted by molar-refractivity contribution is 0.102. The molecule has 2 aromatic heterocycles. The van der Waals surface area contributed by atoms with Crippen LogP contribution in [0, 0.1) is 13.8 Å². The lowest BCUT2D eigenvalue weighted by Crippen LogP contribution is -2.17. The van der Waals surface area contributed by atoms with Crippen LogP contribution in [0.4, 0.5) is 11.5 Å². The lowest BCUT2D eigenvalue weighted by Gasteiger charge is -2.09. The molecule has 0 aromatic carbocycles. The predicted octanol–water partition coefficient (Wildman–Crippen LogP) is 1.89. The number of amides is 1. The largest absolute Gasteiger partial charge is 0.397 e. The number of pyridine rings is 1. The van der Waals surface area contributed by atoms with Gasteiger partial charge in [-0.15, -0.1) is 0 Å². The zero-order valence-electron chi connectivity index (χ0n) is 11.8. The van der Waals surface area contributed by atoms with E-state index in [-0.39, 0.29) is 5.91 Å². The van der Waals surface area contributed by atoms with Gasteiger partial charge < -0.3 is 11.1 Å². The van der Waals surface area contributed by atoms with E-state index in [0.717, 1.165) is 5.56 Å². The first kappa shape index (κ1) is 13.9. The van der Waals surface area contributed by atoms with Crippen LogP contribution in [0.15, 0.2) is 18.3 Å². The minimum atomic E-state index is -0.239. The van der Waals surface area contributed by atoms with Gasteiger partial charge in [-0.1, -0.05) is 6.92 Å². The molecule has 3 N–H and O–H groups in total. The van der Waals surface area contributed by atoms with Crippen molar-refractivity contribution in [2.24, 2.45) is 0 Å².